The van der Waals surface area contributed by atoms with Gasteiger partial charge in [0.25, 0.3) is 0 Å². The highest BCUT2D eigenvalue weighted by molar-refractivity contribution is 8.00. The zero-order chi connectivity index (χ0) is 12.1. The fourth-order valence-electron chi connectivity index (χ4n) is 0.702. The van der Waals surface area contributed by atoms with Crippen LogP contribution >= 0.6 is 11.8 Å². The Bertz CT molecular complexity index is 250. The zero-order valence-corrected chi connectivity index (χ0v) is 10.2. The number of thioether (sulfide) groups is 1. The predicted molar refractivity (Wildman–Crippen MR) is 71.0 cm³/mol. The van der Waals surface area contributed by atoms with Crippen LogP contribution in [0.4, 0.5) is 0 Å². The number of aliphatic carboxylic acids is 1. The van der Waals surface area contributed by atoms with Gasteiger partial charge in [0, 0.05) is 11.0 Å². The average molecular weight is 249 g/mol. The van der Waals surface area contributed by atoms with Crippen LogP contribution in [0.15, 0.2) is 4.99 Å². The monoisotopic (exact) mass is 249 g/mol. The van der Waals surface area contributed by atoms with Crippen LogP contribution in [0.25, 0.3) is 0 Å². The standard InChI is InChI=1S/C9H19N3O2S.CH4/c1-6(4-12-7(2)10)15-5-9(3,11)8(13)14;/h6H,4-5,11H2,1-3H3,(H2,10,12)(H,13,14);1H4. The topological polar surface area (TPSA) is 102 Å². The first kappa shape index (κ1) is 17.6. The third kappa shape index (κ3) is 7.53. The summed E-state index contributed by atoms with van der Waals surface area (Å²) >= 11 is 1.49. The van der Waals surface area contributed by atoms with E-state index in [0.717, 1.165) is 0 Å². The number of hydrogen-bond donors (Lipinski definition) is 3. The second-order valence-electron chi connectivity index (χ2n) is 3.83. The lowest BCUT2D eigenvalue weighted by molar-refractivity contribution is -0.141. The molecule has 0 bridgehead atoms. The van der Waals surface area contributed by atoms with Gasteiger partial charge in [0.2, 0.25) is 0 Å². The first-order valence-electron chi connectivity index (χ1n) is 4.66. The summed E-state index contributed by atoms with van der Waals surface area (Å²) < 4.78 is 0. The van der Waals surface area contributed by atoms with E-state index >= 15 is 0 Å². The number of aliphatic imine (C=N–C) groups is 1. The van der Waals surface area contributed by atoms with E-state index < -0.39 is 11.5 Å². The van der Waals surface area contributed by atoms with Crippen LogP contribution in [0, 0.1) is 0 Å². The predicted octanol–water partition coefficient (Wildman–Crippen LogP) is 0.923. The number of hydrogen-bond acceptors (Lipinski definition) is 4. The summed E-state index contributed by atoms with van der Waals surface area (Å²) in [6.45, 7) is 5.78. The van der Waals surface area contributed by atoms with Crippen molar-refractivity contribution in [3.8, 4) is 0 Å². The number of amidine groups is 1. The van der Waals surface area contributed by atoms with E-state index in [2.05, 4.69) is 4.99 Å². The molecule has 0 aliphatic rings. The van der Waals surface area contributed by atoms with Gasteiger partial charge >= 0.3 is 5.97 Å². The molecular weight excluding hydrogens is 226 g/mol. The van der Waals surface area contributed by atoms with Crippen LogP contribution in [0.1, 0.15) is 28.2 Å². The molecule has 0 aromatic rings. The Labute approximate surface area is 102 Å². The Morgan fingerprint density at radius 1 is 1.62 bits per heavy atom. The van der Waals surface area contributed by atoms with Crippen molar-refractivity contribution < 1.29 is 9.90 Å². The highest BCUT2D eigenvalue weighted by Gasteiger charge is 2.28. The number of rotatable bonds is 6. The fourth-order valence-corrected chi connectivity index (χ4v) is 1.64. The Morgan fingerprint density at radius 2 is 2.12 bits per heavy atom. The molecule has 0 heterocycles. The van der Waals surface area contributed by atoms with Crippen molar-refractivity contribution in [3.63, 3.8) is 0 Å². The van der Waals surface area contributed by atoms with Gasteiger partial charge in [-0.05, 0) is 13.8 Å². The van der Waals surface area contributed by atoms with Crippen LogP contribution in [0.2, 0.25) is 0 Å². The molecule has 2 atom stereocenters. The normalized spacial score (nSPS) is 17.1. The second kappa shape index (κ2) is 7.51. The molecular formula is C10H23N3O2S. The van der Waals surface area contributed by atoms with E-state index in [-0.39, 0.29) is 12.7 Å². The van der Waals surface area contributed by atoms with Gasteiger partial charge in [-0.25, -0.2) is 0 Å². The Kier molecular flexibility index (Phi) is 8.28. The second-order valence-corrected chi connectivity index (χ2v) is 5.25. The molecule has 0 rings (SSSR count). The molecule has 16 heavy (non-hydrogen) atoms. The van der Waals surface area contributed by atoms with E-state index in [1.54, 1.807) is 6.92 Å². The van der Waals surface area contributed by atoms with Crippen molar-refractivity contribution in [2.24, 2.45) is 16.5 Å². The average Bonchev–Trinajstić information content (AvgIpc) is 2.11. The van der Waals surface area contributed by atoms with Gasteiger partial charge in [-0.15, -0.1) is 0 Å². The maximum atomic E-state index is 10.7. The Balaban J connectivity index is 0. The van der Waals surface area contributed by atoms with Gasteiger partial charge in [-0.2, -0.15) is 11.8 Å². The van der Waals surface area contributed by atoms with Crippen LogP contribution in [0.5, 0.6) is 0 Å². The molecule has 0 aromatic carbocycles. The first-order valence-corrected chi connectivity index (χ1v) is 5.71. The zero-order valence-electron chi connectivity index (χ0n) is 9.36. The molecule has 2 unspecified atom stereocenters. The van der Waals surface area contributed by atoms with Crippen LogP contribution in [-0.4, -0.2) is 40.0 Å². The maximum Gasteiger partial charge on any atom is 0.324 e. The quantitative estimate of drug-likeness (QED) is 0.480. The smallest absolute Gasteiger partial charge is 0.324 e. The van der Waals surface area contributed by atoms with Crippen molar-refractivity contribution in [2.75, 3.05) is 12.3 Å². The van der Waals surface area contributed by atoms with Gasteiger partial charge in [0.05, 0.1) is 12.4 Å². The van der Waals surface area contributed by atoms with Crippen LogP contribution < -0.4 is 11.5 Å². The van der Waals surface area contributed by atoms with Crippen molar-refractivity contribution >= 4 is 23.6 Å². The minimum absolute atomic E-state index is 0. The van der Waals surface area contributed by atoms with Gasteiger partial charge in [-0.1, -0.05) is 14.4 Å². The Hall–Kier alpha value is -0.750. The van der Waals surface area contributed by atoms with E-state index in [0.29, 0.717) is 18.1 Å². The third-order valence-corrected chi connectivity index (χ3v) is 3.24. The number of nitrogens with zero attached hydrogens (tertiary/aromatic N) is 1. The Morgan fingerprint density at radius 3 is 2.50 bits per heavy atom. The lowest BCUT2D eigenvalue weighted by atomic mass is 10.1. The van der Waals surface area contributed by atoms with Crippen molar-refractivity contribution in [1.82, 2.24) is 0 Å². The highest BCUT2D eigenvalue weighted by Crippen LogP contribution is 2.16. The summed E-state index contributed by atoms with van der Waals surface area (Å²) in [6.07, 6.45) is 0. The summed E-state index contributed by atoms with van der Waals surface area (Å²) in [5.41, 5.74) is 9.80. The summed E-state index contributed by atoms with van der Waals surface area (Å²) in [6, 6.07) is 0. The summed E-state index contributed by atoms with van der Waals surface area (Å²) in [5, 5.41) is 9.00. The van der Waals surface area contributed by atoms with Crippen molar-refractivity contribution in [2.45, 2.75) is 39.0 Å². The molecule has 0 aliphatic heterocycles. The molecule has 5 N–H and O–H groups in total. The molecule has 0 saturated carbocycles. The van der Waals surface area contributed by atoms with Gasteiger partial charge in [0.15, 0.2) is 0 Å². The minimum atomic E-state index is -1.18. The van der Waals surface area contributed by atoms with Gasteiger partial charge < -0.3 is 16.6 Å². The van der Waals surface area contributed by atoms with Crippen LogP contribution in [-0.2, 0) is 4.79 Å². The molecule has 96 valence electrons. The summed E-state index contributed by atoms with van der Waals surface area (Å²) in [5.74, 6) is -0.0836. The summed E-state index contributed by atoms with van der Waals surface area (Å²) in [4.78, 5) is 14.8. The third-order valence-electron chi connectivity index (χ3n) is 1.75. The fraction of sp³-hybridized carbons (Fsp3) is 0.800. The molecule has 0 radical (unpaired) electrons. The van der Waals surface area contributed by atoms with Crippen molar-refractivity contribution in [1.29, 1.82) is 0 Å². The van der Waals surface area contributed by atoms with Crippen LogP contribution in [0.3, 0.4) is 0 Å². The minimum Gasteiger partial charge on any atom is -0.480 e. The molecule has 0 saturated heterocycles. The number of carboxylic acid groups (broad SMARTS) is 1. The first-order chi connectivity index (χ1) is 6.75. The molecule has 0 aliphatic carbocycles. The molecule has 5 nitrogen and oxygen atoms in total. The van der Waals surface area contributed by atoms with Gasteiger partial charge in [-0.3, -0.25) is 9.79 Å². The largest absolute Gasteiger partial charge is 0.480 e. The van der Waals surface area contributed by atoms with E-state index in [4.69, 9.17) is 16.6 Å². The number of carboxylic acids is 1. The van der Waals surface area contributed by atoms with E-state index in [9.17, 15) is 4.79 Å². The maximum absolute atomic E-state index is 10.7. The number of carbonyl (C=O) groups is 1. The molecule has 0 aromatic heterocycles. The van der Waals surface area contributed by atoms with Crippen molar-refractivity contribution in [3.05, 3.63) is 0 Å². The summed E-state index contributed by atoms with van der Waals surface area (Å²) in [7, 11) is 0. The van der Waals surface area contributed by atoms with E-state index in [1.807, 2.05) is 6.92 Å². The number of nitrogens with two attached hydrogens (primary N) is 2. The molecule has 0 spiro atoms. The highest BCUT2D eigenvalue weighted by atomic mass is 32.2. The molecule has 0 amide bonds. The molecule has 0 fully saturated rings. The SMILES string of the molecule is C.CC(N)=NCC(C)SCC(C)(N)C(=O)O. The van der Waals surface area contributed by atoms with E-state index in [1.165, 1.54) is 18.7 Å². The van der Waals surface area contributed by atoms with Gasteiger partial charge in [0.1, 0.15) is 5.54 Å². The lowest BCUT2D eigenvalue weighted by Gasteiger charge is -2.20. The lowest BCUT2D eigenvalue weighted by Crippen LogP contribution is -2.47. The molecule has 6 heteroatoms.